The number of nitrogens with one attached hydrogen (secondary N) is 1. The molecule has 1 rings (SSSR count). The van der Waals surface area contributed by atoms with Crippen molar-refractivity contribution < 1.29 is 19.8 Å². The first-order chi connectivity index (χ1) is 8.34. The van der Waals surface area contributed by atoms with Crippen molar-refractivity contribution in [2.24, 2.45) is 5.73 Å². The number of carboxylic acids is 1. The predicted molar refractivity (Wildman–Crippen MR) is 69.1 cm³/mol. The molecular formula is C11H16N2O4S. The molecule has 0 aliphatic heterocycles. The van der Waals surface area contributed by atoms with Crippen molar-refractivity contribution in [2.75, 3.05) is 5.75 Å². The number of nitrogens with two attached hydrogens (primary N) is 1. The van der Waals surface area contributed by atoms with E-state index in [2.05, 4.69) is 5.32 Å². The lowest BCUT2D eigenvalue weighted by atomic mass is 10.1. The van der Waals surface area contributed by atoms with Crippen molar-refractivity contribution in [1.29, 1.82) is 0 Å². The molecule has 5 N–H and O–H groups in total. The van der Waals surface area contributed by atoms with E-state index in [1.165, 1.54) is 24.8 Å². The van der Waals surface area contributed by atoms with Crippen molar-refractivity contribution >= 4 is 23.6 Å². The molecule has 2 atom stereocenters. The number of rotatable bonds is 5. The van der Waals surface area contributed by atoms with E-state index in [4.69, 9.17) is 10.8 Å². The standard InChI is InChI=1S/C11H16N2O4S/c1-7(14)13-11(4-2-8(15)3-5-11)18-6-9(12)10(16)17/h2-4,9,15H,5-6,12H2,1H3,(H,13,14)(H,16,17)/t9-,11?/m0/s1. The highest BCUT2D eigenvalue weighted by Crippen LogP contribution is 2.32. The van der Waals surface area contributed by atoms with Crippen LogP contribution in [-0.4, -0.2) is 38.8 Å². The Hall–Kier alpha value is -1.47. The van der Waals surface area contributed by atoms with Crippen molar-refractivity contribution in [2.45, 2.75) is 24.3 Å². The van der Waals surface area contributed by atoms with Crippen molar-refractivity contribution in [3.63, 3.8) is 0 Å². The molecule has 0 aromatic carbocycles. The minimum absolute atomic E-state index is 0.124. The van der Waals surface area contributed by atoms with Crippen molar-refractivity contribution in [1.82, 2.24) is 5.32 Å². The molecule has 1 amide bonds. The summed E-state index contributed by atoms with van der Waals surface area (Å²) in [5.41, 5.74) is 5.43. The maximum atomic E-state index is 11.2. The molecular weight excluding hydrogens is 256 g/mol. The molecule has 0 fully saturated rings. The van der Waals surface area contributed by atoms with Crippen LogP contribution in [0.1, 0.15) is 13.3 Å². The zero-order valence-electron chi connectivity index (χ0n) is 9.92. The predicted octanol–water partition coefficient (Wildman–Crippen LogP) is 0.366. The lowest BCUT2D eigenvalue weighted by Gasteiger charge is -2.32. The molecule has 0 aromatic rings. The minimum atomic E-state index is -1.08. The second-order valence-electron chi connectivity index (χ2n) is 3.99. The van der Waals surface area contributed by atoms with E-state index < -0.39 is 16.9 Å². The van der Waals surface area contributed by atoms with Crippen LogP contribution in [0, 0.1) is 0 Å². The van der Waals surface area contributed by atoms with E-state index in [1.807, 2.05) is 0 Å². The molecule has 0 bridgehead atoms. The Balaban J connectivity index is 2.71. The molecule has 0 saturated carbocycles. The van der Waals surface area contributed by atoms with Crippen LogP contribution in [0.2, 0.25) is 0 Å². The normalized spacial score (nSPS) is 24.2. The number of carbonyl (C=O) groups is 2. The molecule has 7 heteroatoms. The van der Waals surface area contributed by atoms with Crippen LogP contribution in [-0.2, 0) is 9.59 Å². The molecule has 1 unspecified atom stereocenters. The number of carboxylic acid groups (broad SMARTS) is 1. The fraction of sp³-hybridized carbons (Fsp3) is 0.455. The van der Waals surface area contributed by atoms with Gasteiger partial charge < -0.3 is 21.3 Å². The fourth-order valence-corrected chi connectivity index (χ4v) is 2.66. The highest BCUT2D eigenvalue weighted by molar-refractivity contribution is 8.00. The lowest BCUT2D eigenvalue weighted by molar-refractivity contribution is -0.137. The average molecular weight is 272 g/mol. The molecule has 100 valence electrons. The van der Waals surface area contributed by atoms with Gasteiger partial charge in [-0.25, -0.2) is 0 Å². The van der Waals surface area contributed by atoms with Crippen LogP contribution in [0.4, 0.5) is 0 Å². The Morgan fingerprint density at radius 1 is 1.67 bits per heavy atom. The Morgan fingerprint density at radius 3 is 2.78 bits per heavy atom. The number of carbonyl (C=O) groups excluding carboxylic acids is 1. The van der Waals surface area contributed by atoms with Crippen molar-refractivity contribution in [3.8, 4) is 0 Å². The third-order valence-corrected chi connectivity index (χ3v) is 3.81. The Bertz CT molecular complexity index is 408. The van der Waals surface area contributed by atoms with E-state index in [1.54, 1.807) is 12.2 Å². The molecule has 0 heterocycles. The van der Waals surface area contributed by atoms with Gasteiger partial charge in [0.25, 0.3) is 0 Å². The summed E-state index contributed by atoms with van der Waals surface area (Å²) in [7, 11) is 0. The van der Waals surface area contributed by atoms with Gasteiger partial charge in [-0.15, -0.1) is 11.8 Å². The number of hydrogen-bond acceptors (Lipinski definition) is 5. The zero-order chi connectivity index (χ0) is 13.8. The topological polar surface area (TPSA) is 113 Å². The van der Waals surface area contributed by atoms with Gasteiger partial charge in [-0.05, 0) is 18.2 Å². The van der Waals surface area contributed by atoms with Gasteiger partial charge in [0.2, 0.25) is 5.91 Å². The monoisotopic (exact) mass is 272 g/mol. The van der Waals surface area contributed by atoms with E-state index >= 15 is 0 Å². The maximum Gasteiger partial charge on any atom is 0.321 e. The molecule has 1 aliphatic rings. The molecule has 0 aromatic heterocycles. The molecule has 18 heavy (non-hydrogen) atoms. The van der Waals surface area contributed by atoms with E-state index in [-0.39, 0.29) is 17.4 Å². The maximum absolute atomic E-state index is 11.2. The second kappa shape index (κ2) is 5.92. The van der Waals surface area contributed by atoms with Crippen LogP contribution >= 0.6 is 11.8 Å². The van der Waals surface area contributed by atoms with Crippen LogP contribution in [0.25, 0.3) is 0 Å². The zero-order valence-corrected chi connectivity index (χ0v) is 10.7. The van der Waals surface area contributed by atoms with Crippen LogP contribution in [0.3, 0.4) is 0 Å². The first-order valence-corrected chi connectivity index (χ1v) is 6.33. The van der Waals surface area contributed by atoms with Gasteiger partial charge in [0.15, 0.2) is 0 Å². The molecule has 1 aliphatic carbocycles. The molecule has 0 spiro atoms. The quantitative estimate of drug-likeness (QED) is 0.538. The van der Waals surface area contributed by atoms with Gasteiger partial charge in [-0.2, -0.15) is 0 Å². The Morgan fingerprint density at radius 2 is 2.33 bits per heavy atom. The third kappa shape index (κ3) is 4.08. The number of aliphatic hydroxyl groups is 1. The highest BCUT2D eigenvalue weighted by atomic mass is 32.2. The summed E-state index contributed by atoms with van der Waals surface area (Å²) in [6, 6.07) is -0.992. The van der Waals surface area contributed by atoms with E-state index in [9.17, 15) is 14.7 Å². The Kier molecular flexibility index (Phi) is 4.80. The first-order valence-electron chi connectivity index (χ1n) is 5.34. The highest BCUT2D eigenvalue weighted by Gasteiger charge is 2.31. The SMILES string of the molecule is CC(=O)NC1(SC[C@H](N)C(=O)O)C=CC(O)=CC1. The summed E-state index contributed by atoms with van der Waals surface area (Å²) in [6.45, 7) is 1.38. The molecule has 6 nitrogen and oxygen atoms in total. The van der Waals surface area contributed by atoms with E-state index in [0.29, 0.717) is 6.42 Å². The van der Waals surface area contributed by atoms with Crippen LogP contribution in [0.5, 0.6) is 0 Å². The van der Waals surface area contributed by atoms with Gasteiger partial charge >= 0.3 is 5.97 Å². The van der Waals surface area contributed by atoms with Gasteiger partial charge in [0.05, 0.1) is 0 Å². The van der Waals surface area contributed by atoms with Gasteiger partial charge in [-0.1, -0.05) is 0 Å². The van der Waals surface area contributed by atoms with Gasteiger partial charge in [0, 0.05) is 19.1 Å². The molecule has 0 saturated heterocycles. The van der Waals surface area contributed by atoms with Crippen molar-refractivity contribution in [3.05, 3.63) is 24.0 Å². The van der Waals surface area contributed by atoms with E-state index in [0.717, 1.165) is 0 Å². The summed E-state index contributed by atoms with van der Waals surface area (Å²) < 4.78 is 0. The number of hydrogen-bond donors (Lipinski definition) is 4. The van der Waals surface area contributed by atoms with Gasteiger partial charge in [0.1, 0.15) is 16.7 Å². The number of amides is 1. The first kappa shape index (κ1) is 14.6. The summed E-state index contributed by atoms with van der Waals surface area (Å²) >= 11 is 1.23. The number of aliphatic carboxylic acids is 1. The minimum Gasteiger partial charge on any atom is -0.508 e. The fourth-order valence-electron chi connectivity index (χ4n) is 1.46. The van der Waals surface area contributed by atoms with Gasteiger partial charge in [-0.3, -0.25) is 9.59 Å². The molecule has 0 radical (unpaired) electrons. The third-order valence-electron chi connectivity index (χ3n) is 2.36. The van der Waals surface area contributed by atoms with Crippen LogP contribution in [0.15, 0.2) is 24.0 Å². The summed E-state index contributed by atoms with van der Waals surface area (Å²) in [6.07, 6.45) is 5.06. The number of thioether (sulfide) groups is 1. The number of aliphatic hydroxyl groups excluding tert-OH is 1. The largest absolute Gasteiger partial charge is 0.508 e. The summed E-state index contributed by atoms with van der Waals surface area (Å²) in [4.78, 5) is 21.1. The average Bonchev–Trinajstić information content (AvgIpc) is 2.29. The smallest absolute Gasteiger partial charge is 0.321 e. The second-order valence-corrected chi connectivity index (χ2v) is 5.34. The summed E-state index contributed by atoms with van der Waals surface area (Å²) in [5.74, 6) is -1.03. The number of allylic oxidation sites excluding steroid dienone is 1. The van der Waals surface area contributed by atoms with Crippen LogP contribution < -0.4 is 11.1 Å². The lowest BCUT2D eigenvalue weighted by Crippen LogP contribution is -2.45. The Labute approximate surface area is 109 Å². The summed E-state index contributed by atoms with van der Waals surface area (Å²) in [5, 5.41) is 20.7.